The molecule has 2 rings (SSSR count). The van der Waals surface area contributed by atoms with E-state index in [9.17, 15) is 8.42 Å². The molecule has 112 valence electrons. The van der Waals surface area contributed by atoms with E-state index in [2.05, 4.69) is 25.7 Å². The first-order valence-electron chi connectivity index (χ1n) is 7.06. The summed E-state index contributed by atoms with van der Waals surface area (Å²) in [5, 5.41) is 0. The summed E-state index contributed by atoms with van der Waals surface area (Å²) in [6.45, 7) is 9.29. The number of benzene rings is 1. The van der Waals surface area contributed by atoms with E-state index >= 15 is 0 Å². The fourth-order valence-corrected chi connectivity index (χ4v) is 4.03. The van der Waals surface area contributed by atoms with Gasteiger partial charge in [-0.2, -0.15) is 4.31 Å². The molecule has 1 aromatic carbocycles. The van der Waals surface area contributed by atoms with Gasteiger partial charge in [0.05, 0.1) is 5.75 Å². The molecule has 1 aliphatic heterocycles. The van der Waals surface area contributed by atoms with Crippen molar-refractivity contribution in [3.8, 4) is 0 Å². The van der Waals surface area contributed by atoms with E-state index in [1.54, 1.807) is 4.31 Å². The monoisotopic (exact) mass is 296 g/mol. The van der Waals surface area contributed by atoms with Crippen molar-refractivity contribution in [1.82, 2.24) is 9.21 Å². The molecule has 0 atom stereocenters. The van der Waals surface area contributed by atoms with Crippen LogP contribution in [0.2, 0.25) is 0 Å². The third-order valence-electron chi connectivity index (χ3n) is 3.77. The van der Waals surface area contributed by atoms with E-state index in [-0.39, 0.29) is 11.3 Å². The maximum absolute atomic E-state index is 12.4. The van der Waals surface area contributed by atoms with Crippen LogP contribution in [0.3, 0.4) is 0 Å². The maximum Gasteiger partial charge on any atom is 0.218 e. The van der Waals surface area contributed by atoms with E-state index in [4.69, 9.17) is 0 Å². The molecule has 0 saturated carbocycles. The summed E-state index contributed by atoms with van der Waals surface area (Å²) >= 11 is 0. The van der Waals surface area contributed by atoms with Gasteiger partial charge in [-0.3, -0.25) is 4.90 Å². The summed E-state index contributed by atoms with van der Waals surface area (Å²) in [5.74, 6) is 0.101. The fourth-order valence-electron chi connectivity index (χ4n) is 2.51. The summed E-state index contributed by atoms with van der Waals surface area (Å²) in [4.78, 5) is 2.33. The predicted octanol–water partition coefficient (Wildman–Crippen LogP) is 1.93. The Hall–Kier alpha value is -0.910. The molecule has 1 aromatic rings. The molecule has 0 radical (unpaired) electrons. The van der Waals surface area contributed by atoms with Crippen molar-refractivity contribution in [1.29, 1.82) is 0 Å². The zero-order valence-corrected chi connectivity index (χ0v) is 13.4. The molecular formula is C15H24N2O2S. The quantitative estimate of drug-likeness (QED) is 0.856. The van der Waals surface area contributed by atoms with Crippen molar-refractivity contribution >= 4 is 10.0 Å². The SMILES string of the molecule is CC(C)(C)N1CCN(S(=O)(=O)Cc2ccccc2)CC1. The third kappa shape index (κ3) is 3.81. The van der Waals surface area contributed by atoms with Crippen LogP contribution in [0.15, 0.2) is 30.3 Å². The fraction of sp³-hybridized carbons (Fsp3) is 0.600. The van der Waals surface area contributed by atoms with Crippen LogP contribution in [-0.4, -0.2) is 49.3 Å². The normalized spacial score (nSPS) is 19.1. The average Bonchev–Trinajstić information content (AvgIpc) is 2.38. The van der Waals surface area contributed by atoms with Gasteiger partial charge < -0.3 is 0 Å². The smallest absolute Gasteiger partial charge is 0.218 e. The predicted molar refractivity (Wildman–Crippen MR) is 82.0 cm³/mol. The standard InChI is InChI=1S/C15H24N2O2S/c1-15(2,3)16-9-11-17(12-10-16)20(18,19)13-14-7-5-4-6-8-14/h4-8H,9-13H2,1-3H3. The minimum absolute atomic E-state index is 0.101. The first kappa shape index (κ1) is 15.5. The highest BCUT2D eigenvalue weighted by molar-refractivity contribution is 7.88. The van der Waals surface area contributed by atoms with Crippen molar-refractivity contribution in [3.63, 3.8) is 0 Å². The van der Waals surface area contributed by atoms with Crippen molar-refractivity contribution in [2.45, 2.75) is 32.1 Å². The number of rotatable bonds is 3. The molecule has 0 N–H and O–H groups in total. The van der Waals surface area contributed by atoms with Crippen molar-refractivity contribution < 1.29 is 8.42 Å². The van der Waals surface area contributed by atoms with Gasteiger partial charge in [-0.25, -0.2) is 8.42 Å². The molecule has 0 amide bonds. The summed E-state index contributed by atoms with van der Waals surface area (Å²) in [5.41, 5.74) is 0.959. The Kier molecular flexibility index (Phi) is 4.52. The van der Waals surface area contributed by atoms with Gasteiger partial charge >= 0.3 is 0 Å². The zero-order chi connectivity index (χ0) is 14.8. The van der Waals surface area contributed by atoms with Crippen LogP contribution >= 0.6 is 0 Å². The molecule has 20 heavy (non-hydrogen) atoms. The van der Waals surface area contributed by atoms with Crippen LogP contribution in [0, 0.1) is 0 Å². The molecule has 0 aliphatic carbocycles. The Bertz CT molecular complexity index is 527. The molecule has 0 bridgehead atoms. The Morgan fingerprint density at radius 1 is 1.00 bits per heavy atom. The summed E-state index contributed by atoms with van der Waals surface area (Å²) in [6.07, 6.45) is 0. The van der Waals surface area contributed by atoms with E-state index in [0.29, 0.717) is 13.1 Å². The Morgan fingerprint density at radius 2 is 1.55 bits per heavy atom. The van der Waals surface area contributed by atoms with Gasteiger partial charge in [-0.05, 0) is 26.3 Å². The highest BCUT2D eigenvalue weighted by Crippen LogP contribution is 2.19. The third-order valence-corrected chi connectivity index (χ3v) is 5.62. The lowest BCUT2D eigenvalue weighted by atomic mass is 10.1. The van der Waals surface area contributed by atoms with Crippen LogP contribution < -0.4 is 0 Å². The number of piperazine rings is 1. The maximum atomic E-state index is 12.4. The van der Waals surface area contributed by atoms with Crippen LogP contribution in [-0.2, 0) is 15.8 Å². The van der Waals surface area contributed by atoms with Crippen molar-refractivity contribution in [3.05, 3.63) is 35.9 Å². The van der Waals surface area contributed by atoms with E-state index in [1.165, 1.54) is 0 Å². The minimum Gasteiger partial charge on any atom is -0.296 e. The van der Waals surface area contributed by atoms with Gasteiger partial charge in [0, 0.05) is 31.7 Å². The first-order chi connectivity index (χ1) is 9.29. The van der Waals surface area contributed by atoms with Crippen molar-refractivity contribution in [2.24, 2.45) is 0 Å². The highest BCUT2D eigenvalue weighted by atomic mass is 32.2. The largest absolute Gasteiger partial charge is 0.296 e. The molecule has 0 aromatic heterocycles. The van der Waals surface area contributed by atoms with E-state index in [1.807, 2.05) is 30.3 Å². The molecule has 0 spiro atoms. The molecule has 1 saturated heterocycles. The molecule has 1 aliphatic rings. The van der Waals surface area contributed by atoms with Gasteiger partial charge in [0.1, 0.15) is 0 Å². The van der Waals surface area contributed by atoms with Gasteiger partial charge in [0.25, 0.3) is 0 Å². The second-order valence-corrected chi connectivity index (χ2v) is 8.27. The van der Waals surface area contributed by atoms with Crippen LogP contribution in [0.4, 0.5) is 0 Å². The summed E-state index contributed by atoms with van der Waals surface area (Å²) in [7, 11) is -3.20. The van der Waals surface area contributed by atoms with Crippen LogP contribution in [0.5, 0.6) is 0 Å². The molecule has 0 unspecified atom stereocenters. The Balaban J connectivity index is 1.99. The zero-order valence-electron chi connectivity index (χ0n) is 12.5. The lowest BCUT2D eigenvalue weighted by Crippen LogP contribution is -2.54. The second-order valence-electron chi connectivity index (χ2n) is 6.30. The molecule has 5 heteroatoms. The van der Waals surface area contributed by atoms with E-state index < -0.39 is 10.0 Å². The van der Waals surface area contributed by atoms with Crippen LogP contribution in [0.25, 0.3) is 0 Å². The van der Waals surface area contributed by atoms with Gasteiger partial charge in [-0.1, -0.05) is 30.3 Å². The first-order valence-corrected chi connectivity index (χ1v) is 8.67. The second kappa shape index (κ2) is 5.84. The van der Waals surface area contributed by atoms with Crippen LogP contribution in [0.1, 0.15) is 26.3 Å². The Labute approximate surface area is 122 Å². The summed E-state index contributed by atoms with van der Waals surface area (Å²) < 4.78 is 26.5. The number of hydrogen-bond acceptors (Lipinski definition) is 3. The topological polar surface area (TPSA) is 40.6 Å². The number of nitrogens with zero attached hydrogens (tertiary/aromatic N) is 2. The van der Waals surface area contributed by atoms with Gasteiger partial charge in [0.2, 0.25) is 10.0 Å². The average molecular weight is 296 g/mol. The van der Waals surface area contributed by atoms with Gasteiger partial charge in [-0.15, -0.1) is 0 Å². The lowest BCUT2D eigenvalue weighted by Gasteiger charge is -2.41. The molecular weight excluding hydrogens is 272 g/mol. The molecule has 1 heterocycles. The number of sulfonamides is 1. The van der Waals surface area contributed by atoms with E-state index in [0.717, 1.165) is 18.7 Å². The van der Waals surface area contributed by atoms with Crippen molar-refractivity contribution in [2.75, 3.05) is 26.2 Å². The Morgan fingerprint density at radius 3 is 2.05 bits per heavy atom. The minimum atomic E-state index is -3.20. The highest BCUT2D eigenvalue weighted by Gasteiger charge is 2.31. The molecule has 4 nitrogen and oxygen atoms in total. The van der Waals surface area contributed by atoms with Gasteiger partial charge in [0.15, 0.2) is 0 Å². The molecule has 1 fully saturated rings. The summed E-state index contributed by atoms with van der Waals surface area (Å²) in [6, 6.07) is 9.38. The lowest BCUT2D eigenvalue weighted by molar-refractivity contribution is 0.0921. The number of hydrogen-bond donors (Lipinski definition) is 0.